The van der Waals surface area contributed by atoms with Crippen LogP contribution in [0.3, 0.4) is 0 Å². The van der Waals surface area contributed by atoms with Gasteiger partial charge in [0.1, 0.15) is 5.75 Å². The third-order valence-electron chi connectivity index (χ3n) is 4.08. The minimum Gasteiger partial charge on any atom is -0.508 e. The van der Waals surface area contributed by atoms with Crippen LogP contribution < -0.4 is 9.44 Å². The van der Waals surface area contributed by atoms with Crippen molar-refractivity contribution in [1.29, 1.82) is 0 Å². The van der Waals surface area contributed by atoms with Gasteiger partial charge >= 0.3 is 0 Å². The fraction of sp³-hybridized carbons (Fsp3) is 0. The maximum atomic E-state index is 12.6. The molecule has 31 heavy (non-hydrogen) atoms. The number of aromatic hydroxyl groups is 1. The summed E-state index contributed by atoms with van der Waals surface area (Å²) >= 11 is 0. The lowest BCUT2D eigenvalue weighted by molar-refractivity contribution is 0.470. The first-order valence-corrected chi connectivity index (χ1v) is 12.0. The molecule has 0 bridgehead atoms. The van der Waals surface area contributed by atoms with Gasteiger partial charge in [-0.05, 0) is 29.3 Å². The first-order valence-electron chi connectivity index (χ1n) is 9.08. The molecule has 0 aromatic heterocycles. The SMILES string of the molecule is O=S(=O)(NC=Cc1ccccc1)c1cc(O)cc(S(=O)(=O)NC=Cc2ccccc2)c1. The summed E-state index contributed by atoms with van der Waals surface area (Å²) in [7, 11) is -8.21. The smallest absolute Gasteiger partial charge is 0.261 e. The molecule has 3 aromatic rings. The maximum Gasteiger partial charge on any atom is 0.261 e. The van der Waals surface area contributed by atoms with Gasteiger partial charge in [-0.25, -0.2) is 16.8 Å². The normalized spacial score (nSPS) is 12.3. The zero-order chi connectivity index (χ0) is 22.3. The van der Waals surface area contributed by atoms with Crippen LogP contribution in [0, 0.1) is 0 Å². The summed E-state index contributed by atoms with van der Waals surface area (Å²) in [5, 5.41) is 9.91. The lowest BCUT2D eigenvalue weighted by Gasteiger charge is -2.09. The van der Waals surface area contributed by atoms with E-state index in [1.165, 1.54) is 12.4 Å². The quantitative estimate of drug-likeness (QED) is 0.481. The van der Waals surface area contributed by atoms with E-state index in [4.69, 9.17) is 0 Å². The molecule has 0 radical (unpaired) electrons. The van der Waals surface area contributed by atoms with E-state index in [-0.39, 0.29) is 0 Å². The van der Waals surface area contributed by atoms with Crippen molar-refractivity contribution in [3.05, 3.63) is 102 Å². The van der Waals surface area contributed by atoms with Crippen LogP contribution in [0.15, 0.2) is 101 Å². The molecule has 3 rings (SSSR count). The zero-order valence-electron chi connectivity index (χ0n) is 16.2. The van der Waals surface area contributed by atoms with Crippen molar-refractivity contribution in [3.63, 3.8) is 0 Å². The Hall–Kier alpha value is -3.56. The summed E-state index contributed by atoms with van der Waals surface area (Å²) in [5.41, 5.74) is 1.55. The molecule has 160 valence electrons. The fourth-order valence-corrected chi connectivity index (χ4v) is 4.53. The van der Waals surface area contributed by atoms with Crippen molar-refractivity contribution in [2.75, 3.05) is 0 Å². The van der Waals surface area contributed by atoms with Gasteiger partial charge in [-0.3, -0.25) is 9.44 Å². The Kier molecular flexibility index (Phi) is 6.78. The fourth-order valence-electron chi connectivity index (χ4n) is 2.57. The van der Waals surface area contributed by atoms with Crippen LogP contribution >= 0.6 is 0 Å². The number of phenols is 1. The first-order chi connectivity index (χ1) is 14.8. The van der Waals surface area contributed by atoms with Gasteiger partial charge in [0.25, 0.3) is 20.0 Å². The van der Waals surface area contributed by atoms with E-state index in [0.717, 1.165) is 29.3 Å². The van der Waals surface area contributed by atoms with Crippen LogP contribution in [-0.4, -0.2) is 21.9 Å². The van der Waals surface area contributed by atoms with Gasteiger partial charge < -0.3 is 5.11 Å². The highest BCUT2D eigenvalue weighted by Gasteiger charge is 2.20. The van der Waals surface area contributed by atoms with Crippen molar-refractivity contribution in [3.8, 4) is 5.75 Å². The maximum absolute atomic E-state index is 12.6. The molecule has 0 aliphatic heterocycles. The third-order valence-corrected chi connectivity index (χ3v) is 6.69. The predicted molar refractivity (Wildman–Crippen MR) is 120 cm³/mol. The first kappa shape index (κ1) is 22.1. The molecule has 0 fully saturated rings. The van der Waals surface area contributed by atoms with E-state index < -0.39 is 35.6 Å². The van der Waals surface area contributed by atoms with E-state index in [0.29, 0.717) is 0 Å². The molecule has 0 amide bonds. The number of nitrogens with one attached hydrogen (secondary N) is 2. The Labute approximate surface area is 181 Å². The highest BCUT2D eigenvalue weighted by molar-refractivity contribution is 7.90. The molecule has 3 aromatic carbocycles. The van der Waals surface area contributed by atoms with Crippen LogP contribution in [0.2, 0.25) is 0 Å². The Morgan fingerprint density at radius 1 is 0.613 bits per heavy atom. The number of hydrogen-bond acceptors (Lipinski definition) is 5. The number of sulfonamides is 2. The highest BCUT2D eigenvalue weighted by Crippen LogP contribution is 2.23. The van der Waals surface area contributed by atoms with Gasteiger partial charge in [-0.1, -0.05) is 60.7 Å². The van der Waals surface area contributed by atoms with E-state index in [9.17, 15) is 21.9 Å². The lowest BCUT2D eigenvalue weighted by Crippen LogP contribution is -2.20. The van der Waals surface area contributed by atoms with E-state index in [1.54, 1.807) is 60.7 Å². The second-order valence-electron chi connectivity index (χ2n) is 6.39. The van der Waals surface area contributed by atoms with Crippen LogP contribution in [-0.2, 0) is 20.0 Å². The molecule has 0 heterocycles. The molecule has 7 nitrogen and oxygen atoms in total. The van der Waals surface area contributed by atoms with Crippen molar-refractivity contribution in [2.24, 2.45) is 0 Å². The van der Waals surface area contributed by atoms with Crippen LogP contribution in [0.5, 0.6) is 5.75 Å². The molecule has 0 spiro atoms. The second kappa shape index (κ2) is 9.50. The van der Waals surface area contributed by atoms with E-state index >= 15 is 0 Å². The Balaban J connectivity index is 1.79. The molecule has 0 unspecified atom stereocenters. The number of rotatable bonds is 8. The molecule has 0 saturated carbocycles. The standard InChI is InChI=1S/C22H20N2O5S2/c25-20-15-21(30(26,27)23-13-11-18-7-3-1-4-8-18)17-22(16-20)31(28,29)24-14-12-19-9-5-2-6-10-19/h1-17,23-25H. The number of benzene rings is 3. The van der Waals surface area contributed by atoms with Crippen molar-refractivity contribution in [1.82, 2.24) is 9.44 Å². The summed E-state index contributed by atoms with van der Waals surface area (Å²) < 4.78 is 54.7. The minimum absolute atomic E-state index is 0.391. The summed E-state index contributed by atoms with van der Waals surface area (Å²) in [6, 6.07) is 21.0. The van der Waals surface area contributed by atoms with E-state index in [2.05, 4.69) is 9.44 Å². The van der Waals surface area contributed by atoms with Gasteiger partial charge in [0, 0.05) is 24.5 Å². The average molecular weight is 457 g/mol. The van der Waals surface area contributed by atoms with E-state index in [1.807, 2.05) is 12.1 Å². The number of hydrogen-bond donors (Lipinski definition) is 3. The van der Waals surface area contributed by atoms with Gasteiger partial charge in [0.05, 0.1) is 9.79 Å². The van der Waals surface area contributed by atoms with Crippen molar-refractivity contribution in [2.45, 2.75) is 9.79 Å². The molecular formula is C22H20N2O5S2. The highest BCUT2D eigenvalue weighted by atomic mass is 32.2. The molecule has 0 atom stereocenters. The Morgan fingerprint density at radius 3 is 1.39 bits per heavy atom. The monoisotopic (exact) mass is 456 g/mol. The van der Waals surface area contributed by atoms with Crippen LogP contribution in [0.4, 0.5) is 0 Å². The van der Waals surface area contributed by atoms with Gasteiger partial charge in [0.15, 0.2) is 0 Å². The molecule has 0 aliphatic carbocycles. The third kappa shape index (κ3) is 6.21. The molecule has 9 heteroatoms. The summed E-state index contributed by atoms with van der Waals surface area (Å²) in [6.45, 7) is 0. The van der Waals surface area contributed by atoms with Gasteiger partial charge in [-0.2, -0.15) is 0 Å². The van der Waals surface area contributed by atoms with Gasteiger partial charge in [0.2, 0.25) is 0 Å². The zero-order valence-corrected chi connectivity index (χ0v) is 17.8. The predicted octanol–water partition coefficient (Wildman–Crippen LogP) is 3.29. The average Bonchev–Trinajstić information content (AvgIpc) is 2.74. The Morgan fingerprint density at radius 2 is 1.00 bits per heavy atom. The summed E-state index contributed by atoms with van der Waals surface area (Å²) in [4.78, 5) is -0.782. The Bertz CT molecular complexity index is 1200. The molecule has 0 saturated heterocycles. The molecular weight excluding hydrogens is 436 g/mol. The molecule has 3 N–H and O–H groups in total. The summed E-state index contributed by atoms with van der Waals surface area (Å²) in [5.74, 6) is -0.498. The topological polar surface area (TPSA) is 113 Å². The second-order valence-corrected chi connectivity index (χ2v) is 9.82. The summed E-state index contributed by atoms with van der Waals surface area (Å²) in [6.07, 6.45) is 5.55. The minimum atomic E-state index is -4.11. The van der Waals surface area contributed by atoms with Crippen molar-refractivity contribution < 1.29 is 21.9 Å². The van der Waals surface area contributed by atoms with Crippen LogP contribution in [0.1, 0.15) is 11.1 Å². The number of phenolic OH excluding ortho intramolecular Hbond substituents is 1. The largest absolute Gasteiger partial charge is 0.508 e. The lowest BCUT2D eigenvalue weighted by atomic mass is 10.2. The van der Waals surface area contributed by atoms with Crippen molar-refractivity contribution >= 4 is 32.2 Å². The van der Waals surface area contributed by atoms with Gasteiger partial charge in [-0.15, -0.1) is 0 Å². The van der Waals surface area contributed by atoms with Crippen LogP contribution in [0.25, 0.3) is 12.2 Å². The molecule has 0 aliphatic rings.